The molecule has 2 aromatic rings. The molecule has 1 aromatic carbocycles. The van der Waals surface area contributed by atoms with E-state index < -0.39 is 10.9 Å². The highest BCUT2D eigenvalue weighted by Gasteiger charge is 2.26. The van der Waals surface area contributed by atoms with Crippen LogP contribution in [0.4, 0.5) is 5.69 Å². The van der Waals surface area contributed by atoms with Crippen LogP contribution >= 0.6 is 0 Å². The smallest absolute Gasteiger partial charge is 0.260 e. The molecule has 0 saturated carbocycles. The molecule has 28 heavy (non-hydrogen) atoms. The summed E-state index contributed by atoms with van der Waals surface area (Å²) in [6.45, 7) is 2.57. The fourth-order valence-electron chi connectivity index (χ4n) is 4.31. The number of benzene rings is 1. The van der Waals surface area contributed by atoms with E-state index in [0.717, 1.165) is 44.2 Å². The largest absolute Gasteiger partial charge is 0.331 e. The first kappa shape index (κ1) is 18.7. The van der Waals surface area contributed by atoms with Crippen LogP contribution in [0.2, 0.25) is 0 Å². The van der Waals surface area contributed by atoms with Crippen LogP contribution < -0.4 is 10.0 Å². The number of anilines is 1. The van der Waals surface area contributed by atoms with Crippen LogP contribution in [0.25, 0.3) is 5.57 Å². The molecule has 0 unspecified atom stereocenters. The Labute approximate surface area is 165 Å². The lowest BCUT2D eigenvalue weighted by Crippen LogP contribution is -2.20. The van der Waals surface area contributed by atoms with Crippen LogP contribution in [-0.2, 0) is 47.9 Å². The van der Waals surface area contributed by atoms with E-state index in [1.165, 1.54) is 28.5 Å². The summed E-state index contributed by atoms with van der Waals surface area (Å²) in [5, 5.41) is 3.11. The van der Waals surface area contributed by atoms with Crippen molar-refractivity contribution in [3.63, 3.8) is 0 Å². The molecule has 1 heterocycles. The van der Waals surface area contributed by atoms with Crippen molar-refractivity contribution in [3.8, 4) is 0 Å². The lowest BCUT2D eigenvalue weighted by molar-refractivity contribution is -0.111. The minimum absolute atomic E-state index is 0.202. The average molecular weight is 401 g/mol. The highest BCUT2D eigenvalue weighted by atomic mass is 32.2. The van der Waals surface area contributed by atoms with Crippen molar-refractivity contribution < 1.29 is 13.2 Å². The summed E-state index contributed by atoms with van der Waals surface area (Å²) in [5.74, 6) is 0.0909. The quantitative estimate of drug-likeness (QED) is 0.511. The number of carbonyl (C=O) groups excluding carboxylic acids is 1. The predicted octanol–water partition coefficient (Wildman–Crippen LogP) is 1.98. The summed E-state index contributed by atoms with van der Waals surface area (Å²) in [4.78, 5) is 17.5. The van der Waals surface area contributed by atoms with Crippen LogP contribution in [0.15, 0.2) is 24.7 Å². The van der Waals surface area contributed by atoms with Gasteiger partial charge in [-0.15, -0.1) is 0 Å². The lowest BCUT2D eigenvalue weighted by atomic mass is 9.98. The van der Waals surface area contributed by atoms with E-state index in [1.807, 2.05) is 11.5 Å². The first-order valence-corrected chi connectivity index (χ1v) is 10.9. The Morgan fingerprint density at radius 2 is 1.86 bits per heavy atom. The third-order valence-electron chi connectivity index (χ3n) is 5.57. The van der Waals surface area contributed by atoms with E-state index in [1.54, 1.807) is 12.4 Å². The van der Waals surface area contributed by atoms with Crippen molar-refractivity contribution in [1.82, 2.24) is 14.3 Å². The number of amides is 1. The van der Waals surface area contributed by atoms with Gasteiger partial charge in [0.15, 0.2) is 0 Å². The van der Waals surface area contributed by atoms with E-state index >= 15 is 0 Å². The molecule has 0 fully saturated rings. The number of hydrogen-bond donors (Lipinski definition) is 3. The number of fused-ring (bicyclic) bond motifs is 2. The van der Waals surface area contributed by atoms with Gasteiger partial charge in [-0.05, 0) is 67.7 Å². The zero-order chi connectivity index (χ0) is 19.7. The maximum absolute atomic E-state index is 13.2. The summed E-state index contributed by atoms with van der Waals surface area (Å²) in [6, 6.07) is 2.31. The SMILES string of the molecule is CCn1ccnc1/C(=C\N[SH](=O)=O)C(=O)Nc1c2c(cc3c1CCC3)CCC2. The number of aromatic nitrogens is 2. The van der Waals surface area contributed by atoms with Crippen LogP contribution in [0.5, 0.6) is 0 Å². The molecule has 1 amide bonds. The highest BCUT2D eigenvalue weighted by Crippen LogP contribution is 2.39. The molecular formula is C20H24N4O3S. The molecule has 2 N–H and O–H groups in total. The Kier molecular flexibility index (Phi) is 5.21. The van der Waals surface area contributed by atoms with Gasteiger partial charge in [-0.1, -0.05) is 6.07 Å². The number of thiol groups is 1. The van der Waals surface area contributed by atoms with E-state index in [2.05, 4.69) is 21.1 Å². The van der Waals surface area contributed by atoms with Gasteiger partial charge in [0, 0.05) is 30.8 Å². The van der Waals surface area contributed by atoms with Gasteiger partial charge < -0.3 is 9.88 Å². The molecule has 0 aliphatic heterocycles. The van der Waals surface area contributed by atoms with Gasteiger partial charge >= 0.3 is 0 Å². The lowest BCUT2D eigenvalue weighted by Gasteiger charge is -2.17. The second-order valence-electron chi connectivity index (χ2n) is 7.17. The minimum Gasteiger partial charge on any atom is -0.331 e. The average Bonchev–Trinajstić information content (AvgIpc) is 3.41. The number of nitrogens with zero attached hydrogens (tertiary/aromatic N) is 2. The van der Waals surface area contributed by atoms with Crippen LogP contribution in [0.3, 0.4) is 0 Å². The molecule has 0 radical (unpaired) electrons. The Morgan fingerprint density at radius 3 is 2.46 bits per heavy atom. The summed E-state index contributed by atoms with van der Waals surface area (Å²) >= 11 is 0. The van der Waals surface area contributed by atoms with Crippen molar-refractivity contribution in [2.75, 3.05) is 5.32 Å². The molecule has 0 bridgehead atoms. The van der Waals surface area contributed by atoms with E-state index in [4.69, 9.17) is 0 Å². The summed E-state index contributed by atoms with van der Waals surface area (Å²) in [7, 11) is -2.86. The number of hydrogen-bond acceptors (Lipinski definition) is 4. The van der Waals surface area contributed by atoms with Crippen LogP contribution in [0.1, 0.15) is 47.8 Å². The van der Waals surface area contributed by atoms with Gasteiger partial charge in [0.1, 0.15) is 5.82 Å². The molecule has 8 heteroatoms. The molecule has 0 saturated heterocycles. The molecule has 0 spiro atoms. The zero-order valence-corrected chi connectivity index (χ0v) is 16.7. The fraction of sp³-hybridized carbons (Fsp3) is 0.400. The zero-order valence-electron chi connectivity index (χ0n) is 15.8. The van der Waals surface area contributed by atoms with Crippen molar-refractivity contribution in [2.45, 2.75) is 52.0 Å². The van der Waals surface area contributed by atoms with Crippen LogP contribution in [-0.4, -0.2) is 23.9 Å². The molecule has 7 nitrogen and oxygen atoms in total. The van der Waals surface area contributed by atoms with Gasteiger partial charge in [-0.25, -0.2) is 13.4 Å². The third kappa shape index (κ3) is 3.44. The first-order chi connectivity index (χ1) is 13.6. The van der Waals surface area contributed by atoms with E-state index in [-0.39, 0.29) is 11.5 Å². The number of carbonyl (C=O) groups is 1. The molecule has 2 aliphatic rings. The Hall–Kier alpha value is -2.61. The monoisotopic (exact) mass is 400 g/mol. The summed E-state index contributed by atoms with van der Waals surface area (Å²) < 4.78 is 26.1. The minimum atomic E-state index is -2.86. The summed E-state index contributed by atoms with van der Waals surface area (Å²) in [6.07, 6.45) is 10.8. The molecular weight excluding hydrogens is 376 g/mol. The first-order valence-electron chi connectivity index (χ1n) is 9.68. The van der Waals surface area contributed by atoms with Gasteiger partial charge in [0.2, 0.25) is 10.9 Å². The predicted molar refractivity (Wildman–Crippen MR) is 108 cm³/mol. The van der Waals surface area contributed by atoms with Gasteiger partial charge in [-0.3, -0.25) is 9.52 Å². The van der Waals surface area contributed by atoms with Crippen molar-refractivity contribution in [1.29, 1.82) is 0 Å². The molecule has 0 atom stereocenters. The van der Waals surface area contributed by atoms with Gasteiger partial charge in [0.05, 0.1) is 5.57 Å². The third-order valence-corrected chi connectivity index (χ3v) is 5.91. The van der Waals surface area contributed by atoms with E-state index in [0.29, 0.717) is 12.4 Å². The van der Waals surface area contributed by atoms with E-state index in [9.17, 15) is 13.2 Å². The fourth-order valence-corrected chi connectivity index (χ4v) is 4.54. The van der Waals surface area contributed by atoms with Gasteiger partial charge in [-0.2, -0.15) is 0 Å². The number of aryl methyl sites for hydroxylation is 3. The molecule has 4 rings (SSSR count). The maximum Gasteiger partial charge on any atom is 0.260 e. The number of imidazole rings is 1. The molecule has 148 valence electrons. The Morgan fingerprint density at radius 1 is 1.18 bits per heavy atom. The number of nitrogens with one attached hydrogen (secondary N) is 2. The molecule has 1 aromatic heterocycles. The van der Waals surface area contributed by atoms with Crippen LogP contribution in [0, 0.1) is 0 Å². The molecule has 2 aliphatic carbocycles. The highest BCUT2D eigenvalue weighted by molar-refractivity contribution is 7.70. The maximum atomic E-state index is 13.2. The number of rotatable bonds is 6. The van der Waals surface area contributed by atoms with Crippen molar-refractivity contribution >= 4 is 28.1 Å². The van der Waals surface area contributed by atoms with Crippen molar-refractivity contribution in [2.24, 2.45) is 0 Å². The second-order valence-corrected chi connectivity index (χ2v) is 7.94. The normalized spacial score (nSPS) is 15.6. The topological polar surface area (TPSA) is 93.1 Å². The second kappa shape index (κ2) is 7.79. The van der Waals surface area contributed by atoms with Gasteiger partial charge in [0.25, 0.3) is 5.91 Å². The Bertz CT molecular complexity index is 996. The Balaban J connectivity index is 1.73. The standard InChI is InChI=1S/C20H24N4O3S/c1-2-24-10-9-21-19(24)17(12-22-28(26)27)20(25)23-18-15-7-3-5-13(15)11-14-6-4-8-16(14)18/h9-12,28H,2-8H2,1H3,(H,23,25)(H,22,26,27)/b17-12+. The summed E-state index contributed by atoms with van der Waals surface area (Å²) in [5.41, 5.74) is 6.26. The van der Waals surface area contributed by atoms with Crippen molar-refractivity contribution in [3.05, 3.63) is 52.7 Å².